The molecule has 0 amide bonds. The minimum Gasteiger partial charge on any atom is -0.484 e. The van der Waals surface area contributed by atoms with Crippen molar-refractivity contribution in [3.8, 4) is 5.75 Å². The number of hydrogen-bond acceptors (Lipinski definition) is 3. The van der Waals surface area contributed by atoms with E-state index in [-0.39, 0.29) is 18.2 Å². The molecule has 2 rings (SSSR count). The van der Waals surface area contributed by atoms with Crippen molar-refractivity contribution in [1.29, 1.82) is 0 Å². The van der Waals surface area contributed by atoms with Gasteiger partial charge in [0.05, 0.1) is 11.4 Å². The number of halogens is 1. The molecule has 3 nitrogen and oxygen atoms in total. The number of aromatic nitrogens is 1. The van der Waals surface area contributed by atoms with Gasteiger partial charge in [0, 0.05) is 6.54 Å². The number of pyridine rings is 1. The van der Waals surface area contributed by atoms with Crippen LogP contribution in [-0.2, 0) is 13.2 Å². The fourth-order valence-electron chi connectivity index (χ4n) is 2.25. The highest BCUT2D eigenvalue weighted by atomic mass is 19.1. The molecule has 1 aromatic heterocycles. The van der Waals surface area contributed by atoms with Crippen LogP contribution in [0.2, 0.25) is 0 Å². The van der Waals surface area contributed by atoms with Gasteiger partial charge in [0.2, 0.25) is 0 Å². The first kappa shape index (κ1) is 16.4. The molecule has 0 saturated heterocycles. The van der Waals surface area contributed by atoms with E-state index in [0.717, 1.165) is 36.6 Å². The summed E-state index contributed by atoms with van der Waals surface area (Å²) in [6.07, 6.45) is 0. The first-order chi connectivity index (χ1) is 10.6. The fourth-order valence-corrected chi connectivity index (χ4v) is 2.25. The van der Waals surface area contributed by atoms with E-state index in [1.807, 2.05) is 31.2 Å². The Balaban J connectivity index is 2.01. The molecule has 0 bridgehead atoms. The van der Waals surface area contributed by atoms with Crippen LogP contribution < -0.4 is 4.74 Å². The number of rotatable bonds is 7. The lowest BCUT2D eigenvalue weighted by Crippen LogP contribution is -2.22. The number of nitrogens with zero attached hydrogens (tertiary/aromatic N) is 2. The minimum atomic E-state index is -0.334. The summed E-state index contributed by atoms with van der Waals surface area (Å²) >= 11 is 0. The zero-order chi connectivity index (χ0) is 15.9. The van der Waals surface area contributed by atoms with E-state index in [1.54, 1.807) is 6.07 Å². The van der Waals surface area contributed by atoms with E-state index in [4.69, 9.17) is 4.74 Å². The third-order valence-electron chi connectivity index (χ3n) is 3.61. The van der Waals surface area contributed by atoms with Crippen molar-refractivity contribution in [3.63, 3.8) is 0 Å². The number of hydrogen-bond donors (Lipinski definition) is 0. The SMILES string of the molecule is CCN(CC)Cc1cccc(COc2ccc(C)cc2F)n1. The summed E-state index contributed by atoms with van der Waals surface area (Å²) in [6.45, 7) is 9.20. The monoisotopic (exact) mass is 302 g/mol. The van der Waals surface area contributed by atoms with Gasteiger partial charge in [-0.05, 0) is 49.8 Å². The first-order valence-electron chi connectivity index (χ1n) is 7.68. The standard InChI is InChI=1S/C18H23FN2O/c1-4-21(5-2)12-15-7-6-8-16(20-15)13-22-18-10-9-14(3)11-17(18)19/h6-11H,4-5,12-13H2,1-3H3. The van der Waals surface area contributed by atoms with Gasteiger partial charge >= 0.3 is 0 Å². The van der Waals surface area contributed by atoms with Crippen molar-refractivity contribution in [2.24, 2.45) is 0 Å². The first-order valence-corrected chi connectivity index (χ1v) is 7.68. The van der Waals surface area contributed by atoms with Crippen LogP contribution >= 0.6 is 0 Å². The van der Waals surface area contributed by atoms with Gasteiger partial charge in [-0.2, -0.15) is 0 Å². The molecule has 0 spiro atoms. The lowest BCUT2D eigenvalue weighted by atomic mass is 10.2. The molecule has 0 aliphatic carbocycles. The molecule has 118 valence electrons. The van der Waals surface area contributed by atoms with Crippen LogP contribution in [0.5, 0.6) is 5.75 Å². The summed E-state index contributed by atoms with van der Waals surface area (Å²) in [5.74, 6) is -0.0687. The number of benzene rings is 1. The van der Waals surface area contributed by atoms with E-state index in [0.29, 0.717) is 0 Å². The van der Waals surface area contributed by atoms with Gasteiger partial charge in [-0.3, -0.25) is 9.88 Å². The maximum Gasteiger partial charge on any atom is 0.165 e. The van der Waals surface area contributed by atoms with Gasteiger partial charge in [0.15, 0.2) is 11.6 Å². The average Bonchev–Trinajstić information content (AvgIpc) is 2.52. The summed E-state index contributed by atoms with van der Waals surface area (Å²) in [4.78, 5) is 6.88. The fraction of sp³-hybridized carbons (Fsp3) is 0.389. The Labute approximate surface area is 131 Å². The second-order valence-corrected chi connectivity index (χ2v) is 5.30. The highest BCUT2D eigenvalue weighted by molar-refractivity contribution is 5.28. The summed E-state index contributed by atoms with van der Waals surface area (Å²) in [7, 11) is 0. The van der Waals surface area contributed by atoms with E-state index in [1.165, 1.54) is 6.07 Å². The van der Waals surface area contributed by atoms with Crippen LogP contribution in [0.25, 0.3) is 0 Å². The molecular weight excluding hydrogens is 279 g/mol. The molecular formula is C18H23FN2O. The van der Waals surface area contributed by atoms with Gasteiger partial charge in [0.25, 0.3) is 0 Å². The molecule has 0 radical (unpaired) electrons. The van der Waals surface area contributed by atoms with Crippen molar-refractivity contribution < 1.29 is 9.13 Å². The van der Waals surface area contributed by atoms with E-state index >= 15 is 0 Å². The summed E-state index contributed by atoms with van der Waals surface area (Å²) in [5.41, 5.74) is 2.70. The minimum absolute atomic E-state index is 0.265. The Morgan fingerprint density at radius 1 is 1.09 bits per heavy atom. The van der Waals surface area contributed by atoms with Gasteiger partial charge < -0.3 is 4.74 Å². The highest BCUT2D eigenvalue weighted by Gasteiger charge is 2.06. The maximum absolute atomic E-state index is 13.7. The Morgan fingerprint density at radius 3 is 2.50 bits per heavy atom. The Hall–Kier alpha value is -1.94. The maximum atomic E-state index is 13.7. The third-order valence-corrected chi connectivity index (χ3v) is 3.61. The molecule has 0 atom stereocenters. The van der Waals surface area contributed by atoms with Crippen LogP contribution in [0.15, 0.2) is 36.4 Å². The third kappa shape index (κ3) is 4.53. The molecule has 4 heteroatoms. The van der Waals surface area contributed by atoms with Crippen LogP contribution in [0, 0.1) is 12.7 Å². The van der Waals surface area contributed by atoms with E-state index in [9.17, 15) is 4.39 Å². The molecule has 1 aromatic carbocycles. The van der Waals surface area contributed by atoms with Crippen molar-refractivity contribution in [2.75, 3.05) is 13.1 Å². The van der Waals surface area contributed by atoms with E-state index < -0.39 is 0 Å². The topological polar surface area (TPSA) is 25.4 Å². The van der Waals surface area contributed by atoms with Crippen molar-refractivity contribution in [1.82, 2.24) is 9.88 Å². The molecule has 0 aliphatic heterocycles. The summed E-state index contributed by atoms with van der Waals surface area (Å²) in [6, 6.07) is 10.8. The predicted molar refractivity (Wildman–Crippen MR) is 86.3 cm³/mol. The Morgan fingerprint density at radius 2 is 1.82 bits per heavy atom. The van der Waals surface area contributed by atoms with Gasteiger partial charge in [0.1, 0.15) is 6.61 Å². The highest BCUT2D eigenvalue weighted by Crippen LogP contribution is 2.19. The predicted octanol–water partition coefficient (Wildman–Crippen LogP) is 3.95. The molecule has 0 saturated carbocycles. The lowest BCUT2D eigenvalue weighted by molar-refractivity contribution is 0.279. The van der Waals surface area contributed by atoms with Crippen LogP contribution in [-0.4, -0.2) is 23.0 Å². The summed E-state index contributed by atoms with van der Waals surface area (Å²) in [5, 5.41) is 0. The quantitative estimate of drug-likeness (QED) is 0.774. The number of ether oxygens (including phenoxy) is 1. The molecule has 0 aliphatic rings. The number of aryl methyl sites for hydroxylation is 1. The zero-order valence-electron chi connectivity index (χ0n) is 13.5. The second-order valence-electron chi connectivity index (χ2n) is 5.30. The van der Waals surface area contributed by atoms with Gasteiger partial charge in [-0.15, -0.1) is 0 Å². The largest absolute Gasteiger partial charge is 0.484 e. The van der Waals surface area contributed by atoms with Crippen LogP contribution in [0.3, 0.4) is 0 Å². The van der Waals surface area contributed by atoms with Gasteiger partial charge in [-0.25, -0.2) is 4.39 Å². The Kier molecular flexibility index (Phi) is 5.90. The zero-order valence-corrected chi connectivity index (χ0v) is 13.5. The molecule has 0 unspecified atom stereocenters. The summed E-state index contributed by atoms with van der Waals surface area (Å²) < 4.78 is 19.3. The Bertz CT molecular complexity index is 612. The van der Waals surface area contributed by atoms with Crippen molar-refractivity contribution >= 4 is 0 Å². The average molecular weight is 302 g/mol. The molecule has 22 heavy (non-hydrogen) atoms. The van der Waals surface area contributed by atoms with Crippen molar-refractivity contribution in [2.45, 2.75) is 33.9 Å². The second kappa shape index (κ2) is 7.90. The van der Waals surface area contributed by atoms with Crippen molar-refractivity contribution in [3.05, 3.63) is 59.2 Å². The normalized spacial score (nSPS) is 11.0. The smallest absolute Gasteiger partial charge is 0.165 e. The lowest BCUT2D eigenvalue weighted by Gasteiger charge is -2.17. The molecule has 0 N–H and O–H groups in total. The molecule has 1 heterocycles. The van der Waals surface area contributed by atoms with Gasteiger partial charge in [-0.1, -0.05) is 26.0 Å². The van der Waals surface area contributed by atoms with Crippen LogP contribution in [0.4, 0.5) is 4.39 Å². The molecule has 0 fully saturated rings. The van der Waals surface area contributed by atoms with E-state index in [2.05, 4.69) is 23.7 Å². The molecule has 2 aromatic rings. The van der Waals surface area contributed by atoms with Crippen LogP contribution in [0.1, 0.15) is 30.8 Å².